The van der Waals surface area contributed by atoms with Crippen LogP contribution in [0.15, 0.2) is 18.2 Å². The van der Waals surface area contributed by atoms with Gasteiger partial charge in [0.05, 0.1) is 21.7 Å². The molecule has 102 valence electrons. The number of hydrogen-bond acceptors (Lipinski definition) is 5. The van der Waals surface area contributed by atoms with Gasteiger partial charge in [0.2, 0.25) is 10.0 Å². The summed E-state index contributed by atoms with van der Waals surface area (Å²) in [6.45, 7) is 1.56. The average molecular weight is 304 g/mol. The molecule has 0 radical (unpaired) electrons. The van der Waals surface area contributed by atoms with Crippen LogP contribution in [0, 0.1) is 21.4 Å². The lowest BCUT2D eigenvalue weighted by atomic mass is 10.3. The maximum Gasteiger partial charge on any atom is 0.271 e. The Morgan fingerprint density at radius 1 is 1.58 bits per heavy atom. The first kappa shape index (κ1) is 15.2. The summed E-state index contributed by atoms with van der Waals surface area (Å²) in [4.78, 5) is 9.87. The van der Waals surface area contributed by atoms with Crippen LogP contribution in [0.1, 0.15) is 13.3 Å². The summed E-state index contributed by atoms with van der Waals surface area (Å²) in [6.07, 6.45) is 0.121. The zero-order chi connectivity index (χ0) is 14.6. The van der Waals surface area contributed by atoms with Crippen LogP contribution >= 0.6 is 11.6 Å². The molecule has 19 heavy (non-hydrogen) atoms. The maximum atomic E-state index is 11.8. The first-order chi connectivity index (χ1) is 8.81. The molecule has 0 heterocycles. The quantitative estimate of drug-likeness (QED) is 0.662. The Labute approximate surface area is 115 Å². The fourth-order valence-corrected chi connectivity index (χ4v) is 2.79. The summed E-state index contributed by atoms with van der Waals surface area (Å²) in [7, 11) is -3.90. The Morgan fingerprint density at radius 2 is 2.21 bits per heavy atom. The highest BCUT2D eigenvalue weighted by Crippen LogP contribution is 2.28. The van der Waals surface area contributed by atoms with E-state index < -0.39 is 20.2 Å². The van der Waals surface area contributed by atoms with Gasteiger partial charge in [0.25, 0.3) is 5.69 Å². The highest BCUT2D eigenvalue weighted by molar-refractivity contribution is 7.93. The molecule has 1 rings (SSSR count). The minimum absolute atomic E-state index is 0.000895. The average Bonchev–Trinajstić information content (AvgIpc) is 2.32. The summed E-state index contributed by atoms with van der Waals surface area (Å²) in [6, 6.07) is 5.00. The molecule has 0 bridgehead atoms. The van der Waals surface area contributed by atoms with Crippen molar-refractivity contribution in [2.75, 3.05) is 4.72 Å². The molecule has 1 atom stereocenters. The van der Waals surface area contributed by atoms with E-state index in [9.17, 15) is 18.5 Å². The van der Waals surface area contributed by atoms with Crippen molar-refractivity contribution < 1.29 is 13.3 Å². The van der Waals surface area contributed by atoms with E-state index in [4.69, 9.17) is 16.9 Å². The Morgan fingerprint density at radius 3 is 2.63 bits per heavy atom. The third-order valence-electron chi connectivity index (χ3n) is 2.31. The van der Waals surface area contributed by atoms with Crippen LogP contribution in [0.2, 0.25) is 5.02 Å². The molecule has 0 aliphatic carbocycles. The fourth-order valence-electron chi connectivity index (χ4n) is 1.30. The molecule has 0 spiro atoms. The number of sulfonamides is 1. The molecule has 0 saturated heterocycles. The van der Waals surface area contributed by atoms with Crippen molar-refractivity contribution in [1.82, 2.24) is 0 Å². The zero-order valence-corrected chi connectivity index (χ0v) is 11.4. The number of nitrogens with zero attached hydrogens (tertiary/aromatic N) is 2. The topological polar surface area (TPSA) is 113 Å². The molecule has 9 heteroatoms. The van der Waals surface area contributed by atoms with Crippen molar-refractivity contribution in [3.05, 3.63) is 33.3 Å². The van der Waals surface area contributed by atoms with Crippen molar-refractivity contribution in [3.63, 3.8) is 0 Å². The van der Waals surface area contributed by atoms with Crippen molar-refractivity contribution >= 4 is 33.0 Å². The van der Waals surface area contributed by atoms with Gasteiger partial charge >= 0.3 is 0 Å². The number of non-ortho nitro benzene ring substituents is 1. The van der Waals surface area contributed by atoms with E-state index in [-0.39, 0.29) is 22.8 Å². The molecule has 0 fully saturated rings. The van der Waals surface area contributed by atoms with E-state index in [1.54, 1.807) is 13.0 Å². The number of nitro groups is 1. The molecular formula is C10H10ClN3O4S. The molecule has 7 nitrogen and oxygen atoms in total. The molecular weight excluding hydrogens is 294 g/mol. The van der Waals surface area contributed by atoms with E-state index >= 15 is 0 Å². The lowest BCUT2D eigenvalue weighted by Crippen LogP contribution is -2.26. The number of benzene rings is 1. The Kier molecular flexibility index (Phi) is 4.69. The van der Waals surface area contributed by atoms with Crippen LogP contribution in [-0.2, 0) is 10.0 Å². The van der Waals surface area contributed by atoms with Crippen molar-refractivity contribution in [2.24, 2.45) is 0 Å². The molecule has 0 aliphatic rings. The lowest BCUT2D eigenvalue weighted by Gasteiger charge is -2.12. The minimum Gasteiger partial charge on any atom is -0.281 e. The second-order valence-electron chi connectivity index (χ2n) is 3.59. The number of nitro benzene ring substituents is 1. The van der Waals surface area contributed by atoms with Gasteiger partial charge in [-0.3, -0.25) is 14.8 Å². The van der Waals surface area contributed by atoms with Gasteiger partial charge < -0.3 is 0 Å². The van der Waals surface area contributed by atoms with Gasteiger partial charge in [-0.15, -0.1) is 0 Å². The third kappa shape index (κ3) is 3.56. The second-order valence-corrected chi connectivity index (χ2v) is 5.86. The molecule has 0 aromatic heterocycles. The van der Waals surface area contributed by atoms with Crippen LogP contribution in [0.3, 0.4) is 0 Å². The largest absolute Gasteiger partial charge is 0.281 e. The van der Waals surface area contributed by atoms with Crippen molar-refractivity contribution in [2.45, 2.75) is 18.6 Å². The number of rotatable bonds is 5. The van der Waals surface area contributed by atoms with Crippen molar-refractivity contribution in [3.8, 4) is 6.07 Å². The SMILES string of the molecule is CCC(C#N)S(=O)(=O)Nc1ccc([N+](=O)[O-])cc1Cl. The second kappa shape index (κ2) is 5.86. The van der Waals surface area contributed by atoms with E-state index in [0.717, 1.165) is 12.1 Å². The molecule has 0 saturated carbocycles. The van der Waals surface area contributed by atoms with Crippen LogP contribution in [0.4, 0.5) is 11.4 Å². The molecule has 1 aromatic rings. The summed E-state index contributed by atoms with van der Waals surface area (Å²) >= 11 is 5.76. The molecule has 0 aliphatic heterocycles. The van der Waals surface area contributed by atoms with Gasteiger partial charge in [0, 0.05) is 12.1 Å². The first-order valence-corrected chi connectivity index (χ1v) is 7.09. The monoisotopic (exact) mass is 303 g/mol. The predicted octanol–water partition coefficient (Wildman–Crippen LogP) is 2.29. The summed E-state index contributed by atoms with van der Waals surface area (Å²) < 4.78 is 25.8. The molecule has 1 unspecified atom stereocenters. The molecule has 0 amide bonds. The molecule has 1 N–H and O–H groups in total. The molecule has 1 aromatic carbocycles. The van der Waals surface area contributed by atoms with Gasteiger partial charge in [0.1, 0.15) is 0 Å². The number of hydrogen-bond donors (Lipinski definition) is 1. The smallest absolute Gasteiger partial charge is 0.271 e. The highest BCUT2D eigenvalue weighted by Gasteiger charge is 2.24. The van der Waals surface area contributed by atoms with Gasteiger partial charge in [0.15, 0.2) is 5.25 Å². The van der Waals surface area contributed by atoms with Crippen LogP contribution in [-0.4, -0.2) is 18.6 Å². The minimum atomic E-state index is -3.90. The van der Waals surface area contributed by atoms with E-state index in [1.165, 1.54) is 6.07 Å². The van der Waals surface area contributed by atoms with Gasteiger partial charge in [-0.25, -0.2) is 8.42 Å². The standard InChI is InChI=1S/C10H10ClN3O4S/c1-2-8(6-12)19(17,18)13-10-4-3-7(14(15)16)5-9(10)11/h3-5,8,13H,2H2,1H3. The lowest BCUT2D eigenvalue weighted by molar-refractivity contribution is -0.384. The summed E-state index contributed by atoms with van der Waals surface area (Å²) in [5, 5.41) is 17.9. The number of nitriles is 1. The zero-order valence-electron chi connectivity index (χ0n) is 9.83. The Bertz CT molecular complexity index is 639. The Balaban J connectivity index is 3.08. The van der Waals surface area contributed by atoms with Crippen LogP contribution in [0.5, 0.6) is 0 Å². The highest BCUT2D eigenvalue weighted by atomic mass is 35.5. The van der Waals surface area contributed by atoms with Crippen LogP contribution < -0.4 is 4.72 Å². The number of nitrogens with one attached hydrogen (secondary N) is 1. The third-order valence-corrected chi connectivity index (χ3v) is 4.31. The van der Waals surface area contributed by atoms with Gasteiger partial charge in [-0.2, -0.15) is 5.26 Å². The van der Waals surface area contributed by atoms with E-state index in [0.29, 0.717) is 0 Å². The maximum absolute atomic E-state index is 11.8. The van der Waals surface area contributed by atoms with E-state index in [1.807, 2.05) is 0 Å². The van der Waals surface area contributed by atoms with Gasteiger partial charge in [-0.1, -0.05) is 18.5 Å². The summed E-state index contributed by atoms with van der Waals surface area (Å²) in [5.41, 5.74) is -0.249. The first-order valence-electron chi connectivity index (χ1n) is 5.17. The van der Waals surface area contributed by atoms with Gasteiger partial charge in [-0.05, 0) is 12.5 Å². The number of anilines is 1. The predicted molar refractivity (Wildman–Crippen MR) is 70.3 cm³/mol. The van der Waals surface area contributed by atoms with Crippen molar-refractivity contribution in [1.29, 1.82) is 5.26 Å². The van der Waals surface area contributed by atoms with Crippen LogP contribution in [0.25, 0.3) is 0 Å². The normalized spacial score (nSPS) is 12.5. The summed E-state index contributed by atoms with van der Waals surface area (Å²) in [5.74, 6) is 0. The van der Waals surface area contributed by atoms with E-state index in [2.05, 4.69) is 4.72 Å². The Hall–Kier alpha value is -1.85. The fraction of sp³-hybridized carbons (Fsp3) is 0.300. The number of halogens is 1.